The summed E-state index contributed by atoms with van der Waals surface area (Å²) >= 11 is 1.81. The van der Waals surface area contributed by atoms with E-state index in [1.54, 1.807) is 0 Å². The third-order valence-corrected chi connectivity index (χ3v) is 5.66. The summed E-state index contributed by atoms with van der Waals surface area (Å²) in [4.78, 5) is 4.87. The summed E-state index contributed by atoms with van der Waals surface area (Å²) in [5.41, 5.74) is 8.99. The van der Waals surface area contributed by atoms with Gasteiger partial charge in [0.1, 0.15) is 0 Å². The van der Waals surface area contributed by atoms with E-state index in [4.69, 9.17) is 10.7 Å². The predicted octanol–water partition coefficient (Wildman–Crippen LogP) is 5.47. The van der Waals surface area contributed by atoms with Crippen molar-refractivity contribution in [1.82, 2.24) is 4.98 Å². The first-order valence-electron chi connectivity index (χ1n) is 8.08. The summed E-state index contributed by atoms with van der Waals surface area (Å²) in [7, 11) is 0. The molecule has 1 aromatic carbocycles. The van der Waals surface area contributed by atoms with Crippen LogP contribution in [0, 0.1) is 5.92 Å². The molecule has 0 saturated heterocycles. The average Bonchev–Trinajstić information content (AvgIpc) is 2.98. The molecule has 0 bridgehead atoms. The van der Waals surface area contributed by atoms with Gasteiger partial charge in [0.15, 0.2) is 0 Å². The van der Waals surface area contributed by atoms with E-state index >= 15 is 0 Å². The molecule has 2 aromatic rings. The summed E-state index contributed by atoms with van der Waals surface area (Å²) in [5.74, 6) is 1.62. The van der Waals surface area contributed by atoms with Crippen LogP contribution in [-0.2, 0) is 0 Å². The fraction of sp³-hybridized carbons (Fsp3) is 0.500. The van der Waals surface area contributed by atoms with Crippen molar-refractivity contribution in [3.05, 3.63) is 34.7 Å². The number of para-hydroxylation sites is 1. The van der Waals surface area contributed by atoms with Gasteiger partial charge in [-0.05, 0) is 37.7 Å². The first-order chi connectivity index (χ1) is 10.3. The monoisotopic (exact) mass is 300 g/mol. The standard InChI is InChI=1S/C18H24N2S/c1-2-5-13-8-10-14(11-9-13)18-20-17(12-21-18)15-6-3-4-7-16(15)19/h3-4,6-7,12-14H,2,5,8-11,19H2,1H3. The number of nitrogens with zero attached hydrogens (tertiary/aromatic N) is 1. The molecule has 21 heavy (non-hydrogen) atoms. The van der Waals surface area contributed by atoms with E-state index < -0.39 is 0 Å². The number of rotatable bonds is 4. The first kappa shape index (κ1) is 14.6. The van der Waals surface area contributed by atoms with Crippen LogP contribution in [0.25, 0.3) is 11.3 Å². The van der Waals surface area contributed by atoms with Gasteiger partial charge in [-0.1, -0.05) is 38.0 Å². The van der Waals surface area contributed by atoms with Crippen LogP contribution >= 0.6 is 11.3 Å². The number of hydrogen-bond acceptors (Lipinski definition) is 3. The summed E-state index contributed by atoms with van der Waals surface area (Å²) in [5, 5.41) is 3.47. The lowest BCUT2D eigenvalue weighted by Crippen LogP contribution is -2.13. The van der Waals surface area contributed by atoms with Crippen LogP contribution in [0.3, 0.4) is 0 Å². The SMILES string of the molecule is CCCC1CCC(c2nc(-c3ccccc3N)cs2)CC1. The highest BCUT2D eigenvalue weighted by molar-refractivity contribution is 7.10. The molecule has 0 unspecified atom stereocenters. The van der Waals surface area contributed by atoms with Crippen LogP contribution in [0.2, 0.25) is 0 Å². The topological polar surface area (TPSA) is 38.9 Å². The zero-order valence-corrected chi connectivity index (χ0v) is 13.5. The van der Waals surface area contributed by atoms with E-state index in [1.807, 2.05) is 29.5 Å². The Bertz CT molecular complexity index is 582. The summed E-state index contributed by atoms with van der Waals surface area (Å²) in [6.07, 6.45) is 8.09. The molecule has 1 fully saturated rings. The Hall–Kier alpha value is -1.35. The summed E-state index contributed by atoms with van der Waals surface area (Å²) < 4.78 is 0. The number of thiazole rings is 1. The molecule has 3 rings (SSSR count). The summed E-state index contributed by atoms with van der Waals surface area (Å²) in [6.45, 7) is 2.30. The van der Waals surface area contributed by atoms with Gasteiger partial charge >= 0.3 is 0 Å². The molecular formula is C18H24N2S. The molecule has 1 aliphatic carbocycles. The minimum atomic E-state index is 0.668. The first-order valence-corrected chi connectivity index (χ1v) is 8.96. The molecule has 1 heterocycles. The van der Waals surface area contributed by atoms with E-state index in [2.05, 4.69) is 18.4 Å². The van der Waals surface area contributed by atoms with Gasteiger partial charge in [0.25, 0.3) is 0 Å². The highest BCUT2D eigenvalue weighted by Gasteiger charge is 2.24. The highest BCUT2D eigenvalue weighted by Crippen LogP contribution is 2.39. The lowest BCUT2D eigenvalue weighted by molar-refractivity contribution is 0.308. The van der Waals surface area contributed by atoms with E-state index in [9.17, 15) is 0 Å². The molecule has 0 amide bonds. The molecule has 1 aliphatic rings. The zero-order valence-electron chi connectivity index (χ0n) is 12.7. The number of benzene rings is 1. The van der Waals surface area contributed by atoms with Crippen LogP contribution < -0.4 is 5.73 Å². The van der Waals surface area contributed by atoms with Gasteiger partial charge < -0.3 is 5.73 Å². The highest BCUT2D eigenvalue weighted by atomic mass is 32.1. The third-order valence-electron chi connectivity index (χ3n) is 4.65. The van der Waals surface area contributed by atoms with Crippen molar-refractivity contribution in [3.63, 3.8) is 0 Å². The second-order valence-corrected chi connectivity index (χ2v) is 7.05. The number of anilines is 1. The predicted molar refractivity (Wildman–Crippen MR) is 91.6 cm³/mol. The largest absolute Gasteiger partial charge is 0.398 e. The lowest BCUT2D eigenvalue weighted by Gasteiger charge is -2.26. The van der Waals surface area contributed by atoms with Crippen molar-refractivity contribution in [1.29, 1.82) is 0 Å². The number of nitrogens with two attached hydrogens (primary N) is 1. The van der Waals surface area contributed by atoms with Gasteiger partial charge in [0, 0.05) is 22.5 Å². The lowest BCUT2D eigenvalue weighted by atomic mass is 9.80. The molecule has 112 valence electrons. The maximum Gasteiger partial charge on any atom is 0.0963 e. The Kier molecular flexibility index (Phi) is 4.59. The fourth-order valence-electron chi connectivity index (χ4n) is 3.44. The maximum atomic E-state index is 6.06. The summed E-state index contributed by atoms with van der Waals surface area (Å²) in [6, 6.07) is 8.01. The molecule has 0 spiro atoms. The van der Waals surface area contributed by atoms with Crippen LogP contribution in [0.15, 0.2) is 29.6 Å². The van der Waals surface area contributed by atoms with E-state index in [1.165, 1.54) is 43.5 Å². The maximum absolute atomic E-state index is 6.06. The Labute approximate surface area is 131 Å². The number of aromatic nitrogens is 1. The van der Waals surface area contributed by atoms with Crippen molar-refractivity contribution in [2.24, 2.45) is 5.92 Å². The molecule has 1 aromatic heterocycles. The third kappa shape index (κ3) is 3.29. The molecule has 3 heteroatoms. The quantitative estimate of drug-likeness (QED) is 0.761. The Morgan fingerprint density at radius 3 is 2.67 bits per heavy atom. The minimum absolute atomic E-state index is 0.668. The number of hydrogen-bond donors (Lipinski definition) is 1. The molecule has 1 saturated carbocycles. The van der Waals surface area contributed by atoms with Crippen LogP contribution in [-0.4, -0.2) is 4.98 Å². The molecular weight excluding hydrogens is 276 g/mol. The fourth-order valence-corrected chi connectivity index (χ4v) is 4.43. The van der Waals surface area contributed by atoms with Crippen molar-refractivity contribution in [2.45, 2.75) is 51.4 Å². The number of nitrogen functional groups attached to an aromatic ring is 1. The second-order valence-electron chi connectivity index (χ2n) is 6.16. The molecule has 0 atom stereocenters. The van der Waals surface area contributed by atoms with Gasteiger partial charge in [-0.2, -0.15) is 0 Å². The Balaban J connectivity index is 1.70. The molecule has 0 aliphatic heterocycles. The molecule has 2 N–H and O–H groups in total. The Morgan fingerprint density at radius 1 is 1.19 bits per heavy atom. The van der Waals surface area contributed by atoms with Crippen molar-refractivity contribution in [2.75, 3.05) is 5.73 Å². The van der Waals surface area contributed by atoms with Gasteiger partial charge in [0.05, 0.1) is 10.7 Å². The van der Waals surface area contributed by atoms with Gasteiger partial charge in [-0.3, -0.25) is 0 Å². The van der Waals surface area contributed by atoms with Crippen LogP contribution in [0.1, 0.15) is 56.4 Å². The van der Waals surface area contributed by atoms with Gasteiger partial charge in [0.2, 0.25) is 0 Å². The zero-order chi connectivity index (χ0) is 14.7. The minimum Gasteiger partial charge on any atom is -0.398 e. The van der Waals surface area contributed by atoms with Crippen LogP contribution in [0.5, 0.6) is 0 Å². The van der Waals surface area contributed by atoms with E-state index in [0.717, 1.165) is 22.9 Å². The van der Waals surface area contributed by atoms with Crippen LogP contribution in [0.4, 0.5) is 5.69 Å². The average molecular weight is 300 g/mol. The van der Waals surface area contributed by atoms with Crippen molar-refractivity contribution < 1.29 is 0 Å². The van der Waals surface area contributed by atoms with Gasteiger partial charge in [-0.25, -0.2) is 4.98 Å². The van der Waals surface area contributed by atoms with E-state index in [-0.39, 0.29) is 0 Å². The van der Waals surface area contributed by atoms with E-state index in [0.29, 0.717) is 5.92 Å². The van der Waals surface area contributed by atoms with Crippen molar-refractivity contribution in [3.8, 4) is 11.3 Å². The normalized spacial score (nSPS) is 22.3. The van der Waals surface area contributed by atoms with Gasteiger partial charge in [-0.15, -0.1) is 11.3 Å². The molecule has 2 nitrogen and oxygen atoms in total. The second kappa shape index (κ2) is 6.61. The molecule has 0 radical (unpaired) electrons. The Morgan fingerprint density at radius 2 is 1.95 bits per heavy atom. The smallest absolute Gasteiger partial charge is 0.0963 e. The van der Waals surface area contributed by atoms with Crippen molar-refractivity contribution >= 4 is 17.0 Å².